The van der Waals surface area contributed by atoms with Crippen molar-refractivity contribution in [2.75, 3.05) is 0 Å². The van der Waals surface area contributed by atoms with E-state index in [-0.39, 0.29) is 5.52 Å². The fourth-order valence-electron chi connectivity index (χ4n) is 2.45. The molecule has 3 aromatic rings. The molecular formula is C16H13F3N2O. The van der Waals surface area contributed by atoms with Crippen LogP contribution in [0.3, 0.4) is 0 Å². The van der Waals surface area contributed by atoms with Gasteiger partial charge in [-0.15, -0.1) is 0 Å². The number of halogens is 3. The standard InChI is InChI=1S/C16H13F3N2O/c1-10-4-2-3-5-11(10)9-21-14-7-6-12(16(17,18)19)8-13(14)20-15(21)22/h2-8H,9H2,1H3,(H,20,22). The van der Waals surface area contributed by atoms with E-state index in [1.54, 1.807) is 0 Å². The number of H-pyrrole nitrogens is 1. The van der Waals surface area contributed by atoms with Crippen LogP contribution in [0.2, 0.25) is 0 Å². The van der Waals surface area contributed by atoms with Crippen LogP contribution >= 0.6 is 0 Å². The number of nitrogens with zero attached hydrogens (tertiary/aromatic N) is 1. The zero-order valence-corrected chi connectivity index (χ0v) is 11.7. The van der Waals surface area contributed by atoms with Gasteiger partial charge in [0.15, 0.2) is 0 Å². The Kier molecular flexibility index (Phi) is 3.31. The highest BCUT2D eigenvalue weighted by Crippen LogP contribution is 2.30. The van der Waals surface area contributed by atoms with E-state index in [0.29, 0.717) is 12.1 Å². The van der Waals surface area contributed by atoms with Gasteiger partial charge in [-0.05, 0) is 36.2 Å². The molecule has 0 atom stereocenters. The highest BCUT2D eigenvalue weighted by atomic mass is 19.4. The normalized spacial score (nSPS) is 12.0. The lowest BCUT2D eigenvalue weighted by molar-refractivity contribution is -0.137. The second-order valence-corrected chi connectivity index (χ2v) is 5.17. The molecule has 0 aliphatic heterocycles. The molecule has 0 spiro atoms. The lowest BCUT2D eigenvalue weighted by Crippen LogP contribution is -2.17. The third kappa shape index (κ3) is 2.52. The topological polar surface area (TPSA) is 37.8 Å². The van der Waals surface area contributed by atoms with E-state index in [1.165, 1.54) is 10.6 Å². The summed E-state index contributed by atoms with van der Waals surface area (Å²) >= 11 is 0. The van der Waals surface area contributed by atoms with Crippen molar-refractivity contribution in [3.63, 3.8) is 0 Å². The molecular weight excluding hydrogens is 293 g/mol. The molecule has 22 heavy (non-hydrogen) atoms. The first kappa shape index (κ1) is 14.4. The number of hydrogen-bond acceptors (Lipinski definition) is 1. The molecule has 0 fully saturated rings. The van der Waals surface area contributed by atoms with Gasteiger partial charge in [-0.25, -0.2) is 4.79 Å². The first-order valence-corrected chi connectivity index (χ1v) is 6.70. The smallest absolute Gasteiger partial charge is 0.306 e. The van der Waals surface area contributed by atoms with Gasteiger partial charge >= 0.3 is 11.9 Å². The predicted octanol–water partition coefficient (Wildman–Crippen LogP) is 3.71. The molecule has 0 unspecified atom stereocenters. The molecule has 0 bridgehead atoms. The van der Waals surface area contributed by atoms with Gasteiger partial charge in [0.05, 0.1) is 23.1 Å². The highest BCUT2D eigenvalue weighted by molar-refractivity contribution is 5.76. The fraction of sp³-hybridized carbons (Fsp3) is 0.188. The summed E-state index contributed by atoms with van der Waals surface area (Å²) in [7, 11) is 0. The van der Waals surface area contributed by atoms with Crippen LogP contribution in [-0.4, -0.2) is 9.55 Å². The third-order valence-electron chi connectivity index (χ3n) is 3.69. The van der Waals surface area contributed by atoms with Crippen molar-refractivity contribution >= 4 is 11.0 Å². The van der Waals surface area contributed by atoms with Gasteiger partial charge in [0.1, 0.15) is 0 Å². The van der Waals surface area contributed by atoms with Crippen LogP contribution in [0.5, 0.6) is 0 Å². The van der Waals surface area contributed by atoms with E-state index in [4.69, 9.17) is 0 Å². The zero-order chi connectivity index (χ0) is 15.9. The summed E-state index contributed by atoms with van der Waals surface area (Å²) in [5.41, 5.74) is 1.43. The number of aromatic nitrogens is 2. The molecule has 2 aromatic carbocycles. The van der Waals surface area contributed by atoms with Gasteiger partial charge in [0, 0.05) is 0 Å². The molecule has 1 aromatic heterocycles. The third-order valence-corrected chi connectivity index (χ3v) is 3.69. The molecule has 0 amide bonds. The van der Waals surface area contributed by atoms with Crippen LogP contribution < -0.4 is 5.69 Å². The summed E-state index contributed by atoms with van der Waals surface area (Å²) in [6, 6.07) is 10.9. The molecule has 114 valence electrons. The number of aromatic amines is 1. The Balaban J connectivity index is 2.10. The minimum absolute atomic E-state index is 0.188. The van der Waals surface area contributed by atoms with Crippen molar-refractivity contribution in [1.29, 1.82) is 0 Å². The van der Waals surface area contributed by atoms with Crippen molar-refractivity contribution < 1.29 is 13.2 Å². The van der Waals surface area contributed by atoms with E-state index in [1.807, 2.05) is 31.2 Å². The first-order valence-electron chi connectivity index (χ1n) is 6.70. The quantitative estimate of drug-likeness (QED) is 0.770. The second-order valence-electron chi connectivity index (χ2n) is 5.17. The highest BCUT2D eigenvalue weighted by Gasteiger charge is 2.30. The van der Waals surface area contributed by atoms with Gasteiger partial charge < -0.3 is 4.98 Å². The largest absolute Gasteiger partial charge is 0.416 e. The minimum atomic E-state index is -4.43. The van der Waals surface area contributed by atoms with Crippen molar-refractivity contribution in [2.24, 2.45) is 0 Å². The first-order chi connectivity index (χ1) is 10.4. The second kappa shape index (κ2) is 5.05. The van der Waals surface area contributed by atoms with Crippen molar-refractivity contribution in [3.05, 3.63) is 69.6 Å². The van der Waals surface area contributed by atoms with E-state index in [9.17, 15) is 18.0 Å². The van der Waals surface area contributed by atoms with Crippen LogP contribution in [0.25, 0.3) is 11.0 Å². The average molecular weight is 306 g/mol. The molecule has 0 radical (unpaired) electrons. The molecule has 1 N–H and O–H groups in total. The number of nitrogens with one attached hydrogen (secondary N) is 1. The van der Waals surface area contributed by atoms with Crippen molar-refractivity contribution in [1.82, 2.24) is 9.55 Å². The Labute approximate surface area is 124 Å². The predicted molar refractivity (Wildman–Crippen MR) is 77.8 cm³/mol. The number of hydrogen-bond donors (Lipinski definition) is 1. The van der Waals surface area contributed by atoms with Gasteiger partial charge in [0.25, 0.3) is 0 Å². The SMILES string of the molecule is Cc1ccccc1Cn1c(=O)[nH]c2cc(C(F)(F)F)ccc21. The number of imidazole rings is 1. The average Bonchev–Trinajstić information content (AvgIpc) is 2.76. The monoisotopic (exact) mass is 306 g/mol. The molecule has 6 heteroatoms. The summed E-state index contributed by atoms with van der Waals surface area (Å²) in [5, 5.41) is 0. The van der Waals surface area contributed by atoms with Gasteiger partial charge in [-0.3, -0.25) is 4.57 Å². The van der Waals surface area contributed by atoms with Crippen LogP contribution in [0.15, 0.2) is 47.3 Å². The number of fused-ring (bicyclic) bond motifs is 1. The van der Waals surface area contributed by atoms with Crippen LogP contribution in [0, 0.1) is 6.92 Å². The lowest BCUT2D eigenvalue weighted by Gasteiger charge is -2.08. The summed E-state index contributed by atoms with van der Waals surface area (Å²) in [6.07, 6.45) is -4.43. The molecule has 0 aliphatic rings. The Morgan fingerprint density at radius 3 is 2.55 bits per heavy atom. The summed E-state index contributed by atoms with van der Waals surface area (Å²) in [4.78, 5) is 14.5. The fourth-order valence-corrected chi connectivity index (χ4v) is 2.45. The molecule has 0 saturated heterocycles. The number of aryl methyl sites for hydroxylation is 1. The maximum atomic E-state index is 12.7. The Morgan fingerprint density at radius 1 is 1.14 bits per heavy atom. The number of alkyl halides is 3. The van der Waals surface area contributed by atoms with Gasteiger partial charge in [-0.2, -0.15) is 13.2 Å². The Bertz CT molecular complexity index is 890. The van der Waals surface area contributed by atoms with Crippen molar-refractivity contribution in [2.45, 2.75) is 19.6 Å². The number of benzene rings is 2. The van der Waals surface area contributed by atoms with E-state index >= 15 is 0 Å². The summed E-state index contributed by atoms with van der Waals surface area (Å²) in [6.45, 7) is 2.24. The van der Waals surface area contributed by atoms with E-state index < -0.39 is 17.4 Å². The van der Waals surface area contributed by atoms with Crippen LogP contribution in [0.4, 0.5) is 13.2 Å². The number of rotatable bonds is 2. The van der Waals surface area contributed by atoms with E-state index in [0.717, 1.165) is 23.3 Å². The van der Waals surface area contributed by atoms with Crippen LogP contribution in [0.1, 0.15) is 16.7 Å². The minimum Gasteiger partial charge on any atom is -0.306 e. The molecule has 0 aliphatic carbocycles. The summed E-state index contributed by atoms with van der Waals surface area (Å²) < 4.78 is 39.6. The van der Waals surface area contributed by atoms with Gasteiger partial charge in [-0.1, -0.05) is 24.3 Å². The maximum absolute atomic E-state index is 12.7. The molecule has 0 saturated carbocycles. The van der Waals surface area contributed by atoms with E-state index in [2.05, 4.69) is 4.98 Å². The summed E-state index contributed by atoms with van der Waals surface area (Å²) in [5.74, 6) is 0. The molecule has 1 heterocycles. The van der Waals surface area contributed by atoms with Crippen LogP contribution in [-0.2, 0) is 12.7 Å². The zero-order valence-electron chi connectivity index (χ0n) is 11.7. The van der Waals surface area contributed by atoms with Crippen molar-refractivity contribution in [3.8, 4) is 0 Å². The lowest BCUT2D eigenvalue weighted by atomic mass is 10.1. The molecule has 3 nitrogen and oxygen atoms in total. The van der Waals surface area contributed by atoms with Gasteiger partial charge in [0.2, 0.25) is 0 Å². The molecule has 3 rings (SSSR count). The Hall–Kier alpha value is -2.50. The Morgan fingerprint density at radius 2 is 1.86 bits per heavy atom. The maximum Gasteiger partial charge on any atom is 0.416 e.